The van der Waals surface area contributed by atoms with Gasteiger partial charge in [-0.05, 0) is 37.6 Å². The van der Waals surface area contributed by atoms with Gasteiger partial charge in [-0.3, -0.25) is 0 Å². The van der Waals surface area contributed by atoms with Gasteiger partial charge in [-0.15, -0.1) is 0 Å². The molecule has 1 heteroatoms. The van der Waals surface area contributed by atoms with E-state index in [1.165, 1.54) is 57.8 Å². The summed E-state index contributed by atoms with van der Waals surface area (Å²) in [6, 6.07) is 0.806. The van der Waals surface area contributed by atoms with Crippen LogP contribution in [-0.2, 0) is 0 Å². The van der Waals surface area contributed by atoms with E-state index >= 15 is 0 Å². The molecular weight excluding hydrogens is 206 g/mol. The van der Waals surface area contributed by atoms with Crippen LogP contribution in [0.15, 0.2) is 0 Å². The molecule has 1 rings (SSSR count). The summed E-state index contributed by atoms with van der Waals surface area (Å²) in [7, 11) is 0. The smallest absolute Gasteiger partial charge is 0.00953 e. The minimum Gasteiger partial charge on any atom is -0.314 e. The zero-order valence-electron chi connectivity index (χ0n) is 12.3. The SMILES string of the molecule is CCCCCC(NCC)C1CCCC(CC)C1. The van der Waals surface area contributed by atoms with Crippen LogP contribution < -0.4 is 5.32 Å². The van der Waals surface area contributed by atoms with Crippen LogP contribution >= 0.6 is 0 Å². The Balaban J connectivity index is 2.38. The van der Waals surface area contributed by atoms with Crippen LogP contribution in [0.25, 0.3) is 0 Å². The van der Waals surface area contributed by atoms with E-state index in [0.717, 1.165) is 24.4 Å². The van der Waals surface area contributed by atoms with Gasteiger partial charge in [0.25, 0.3) is 0 Å². The maximum absolute atomic E-state index is 3.76. The van der Waals surface area contributed by atoms with Gasteiger partial charge in [0.1, 0.15) is 0 Å². The predicted molar refractivity (Wildman–Crippen MR) is 77.3 cm³/mol. The molecule has 0 aromatic heterocycles. The van der Waals surface area contributed by atoms with E-state index in [-0.39, 0.29) is 0 Å². The van der Waals surface area contributed by atoms with Gasteiger partial charge >= 0.3 is 0 Å². The predicted octanol–water partition coefficient (Wildman–Crippen LogP) is 4.76. The van der Waals surface area contributed by atoms with Crippen molar-refractivity contribution >= 4 is 0 Å². The molecule has 0 spiro atoms. The molecule has 0 aromatic carbocycles. The van der Waals surface area contributed by atoms with Crippen LogP contribution in [0.5, 0.6) is 0 Å². The number of hydrogen-bond donors (Lipinski definition) is 1. The molecule has 1 N–H and O–H groups in total. The van der Waals surface area contributed by atoms with Gasteiger partial charge in [0.2, 0.25) is 0 Å². The first-order chi connectivity index (χ1) is 8.31. The Labute approximate surface area is 109 Å². The lowest BCUT2D eigenvalue weighted by atomic mass is 9.75. The van der Waals surface area contributed by atoms with Gasteiger partial charge in [-0.25, -0.2) is 0 Å². The highest BCUT2D eigenvalue weighted by Gasteiger charge is 2.26. The number of unbranched alkanes of at least 4 members (excludes halogenated alkanes) is 2. The summed E-state index contributed by atoms with van der Waals surface area (Å²) < 4.78 is 0. The quantitative estimate of drug-likeness (QED) is 0.602. The molecule has 3 unspecified atom stereocenters. The van der Waals surface area contributed by atoms with Crippen LogP contribution in [-0.4, -0.2) is 12.6 Å². The molecular formula is C16H33N. The molecule has 0 aliphatic heterocycles. The highest BCUT2D eigenvalue weighted by molar-refractivity contribution is 4.82. The van der Waals surface area contributed by atoms with Crippen LogP contribution in [0.4, 0.5) is 0 Å². The highest BCUT2D eigenvalue weighted by Crippen LogP contribution is 2.34. The summed E-state index contributed by atoms with van der Waals surface area (Å²) in [6.07, 6.45) is 12.9. The van der Waals surface area contributed by atoms with E-state index in [1.54, 1.807) is 0 Å². The Morgan fingerprint density at radius 1 is 1.12 bits per heavy atom. The molecule has 17 heavy (non-hydrogen) atoms. The molecule has 0 radical (unpaired) electrons. The van der Waals surface area contributed by atoms with Crippen molar-refractivity contribution in [2.45, 2.75) is 84.6 Å². The minimum absolute atomic E-state index is 0.806. The lowest BCUT2D eigenvalue weighted by Gasteiger charge is -2.35. The lowest BCUT2D eigenvalue weighted by Crippen LogP contribution is -2.38. The van der Waals surface area contributed by atoms with E-state index in [9.17, 15) is 0 Å². The third-order valence-electron chi connectivity index (χ3n) is 4.55. The van der Waals surface area contributed by atoms with Gasteiger partial charge in [0.15, 0.2) is 0 Å². The summed E-state index contributed by atoms with van der Waals surface area (Å²) in [4.78, 5) is 0. The average molecular weight is 239 g/mol. The standard InChI is InChI=1S/C16H33N/c1-4-7-8-12-16(17-6-3)15-11-9-10-14(5-2)13-15/h14-17H,4-13H2,1-3H3. The van der Waals surface area contributed by atoms with Crippen molar-refractivity contribution in [1.29, 1.82) is 0 Å². The molecule has 102 valence electrons. The maximum atomic E-state index is 3.76. The topological polar surface area (TPSA) is 12.0 Å². The normalized spacial score (nSPS) is 27.0. The zero-order valence-corrected chi connectivity index (χ0v) is 12.3. The molecule has 0 aromatic rings. The fourth-order valence-corrected chi connectivity index (χ4v) is 3.45. The Morgan fingerprint density at radius 2 is 1.94 bits per heavy atom. The monoisotopic (exact) mass is 239 g/mol. The molecule has 1 saturated carbocycles. The first kappa shape index (κ1) is 15.0. The Morgan fingerprint density at radius 3 is 2.59 bits per heavy atom. The van der Waals surface area contributed by atoms with E-state index in [1.807, 2.05) is 0 Å². The number of rotatable bonds is 8. The van der Waals surface area contributed by atoms with Gasteiger partial charge in [-0.2, -0.15) is 0 Å². The van der Waals surface area contributed by atoms with Crippen LogP contribution in [0.2, 0.25) is 0 Å². The van der Waals surface area contributed by atoms with Crippen molar-refractivity contribution in [3.63, 3.8) is 0 Å². The molecule has 1 nitrogen and oxygen atoms in total. The lowest BCUT2D eigenvalue weighted by molar-refractivity contribution is 0.201. The number of hydrogen-bond acceptors (Lipinski definition) is 1. The van der Waals surface area contributed by atoms with Gasteiger partial charge < -0.3 is 5.32 Å². The second-order valence-electron chi connectivity index (χ2n) is 5.86. The molecule has 3 atom stereocenters. The van der Waals surface area contributed by atoms with Crippen molar-refractivity contribution in [2.24, 2.45) is 11.8 Å². The molecule has 0 heterocycles. The molecule has 1 aliphatic carbocycles. The third-order valence-corrected chi connectivity index (χ3v) is 4.55. The zero-order chi connectivity index (χ0) is 12.5. The van der Waals surface area contributed by atoms with Crippen molar-refractivity contribution in [2.75, 3.05) is 6.54 Å². The van der Waals surface area contributed by atoms with E-state index in [4.69, 9.17) is 0 Å². The first-order valence-corrected chi connectivity index (χ1v) is 8.05. The molecule has 0 amide bonds. The summed E-state index contributed by atoms with van der Waals surface area (Å²) in [5.74, 6) is 1.98. The van der Waals surface area contributed by atoms with Crippen molar-refractivity contribution in [3.05, 3.63) is 0 Å². The molecule has 0 saturated heterocycles. The summed E-state index contributed by atoms with van der Waals surface area (Å²) in [5, 5.41) is 3.76. The Bertz CT molecular complexity index is 178. The van der Waals surface area contributed by atoms with E-state index in [0.29, 0.717) is 0 Å². The van der Waals surface area contributed by atoms with Crippen LogP contribution in [0.3, 0.4) is 0 Å². The maximum Gasteiger partial charge on any atom is 0.00953 e. The van der Waals surface area contributed by atoms with Gasteiger partial charge in [0.05, 0.1) is 0 Å². The van der Waals surface area contributed by atoms with E-state index in [2.05, 4.69) is 26.1 Å². The highest BCUT2D eigenvalue weighted by atomic mass is 14.9. The second-order valence-corrected chi connectivity index (χ2v) is 5.86. The van der Waals surface area contributed by atoms with Gasteiger partial charge in [-0.1, -0.05) is 59.3 Å². The summed E-state index contributed by atoms with van der Waals surface area (Å²) in [6.45, 7) is 8.07. The molecule has 1 aliphatic rings. The Kier molecular flexibility index (Phi) is 7.92. The first-order valence-electron chi connectivity index (χ1n) is 8.05. The van der Waals surface area contributed by atoms with E-state index < -0.39 is 0 Å². The Hall–Kier alpha value is -0.0400. The molecule has 1 fully saturated rings. The summed E-state index contributed by atoms with van der Waals surface area (Å²) >= 11 is 0. The largest absolute Gasteiger partial charge is 0.314 e. The minimum atomic E-state index is 0.806. The summed E-state index contributed by atoms with van der Waals surface area (Å²) in [5.41, 5.74) is 0. The van der Waals surface area contributed by atoms with Crippen molar-refractivity contribution < 1.29 is 0 Å². The van der Waals surface area contributed by atoms with Gasteiger partial charge in [0, 0.05) is 6.04 Å². The average Bonchev–Trinajstić information content (AvgIpc) is 2.38. The third kappa shape index (κ3) is 5.42. The van der Waals surface area contributed by atoms with Crippen LogP contribution in [0, 0.1) is 11.8 Å². The second kappa shape index (κ2) is 8.97. The van der Waals surface area contributed by atoms with Crippen LogP contribution in [0.1, 0.15) is 78.6 Å². The van der Waals surface area contributed by atoms with Crippen molar-refractivity contribution in [1.82, 2.24) is 5.32 Å². The van der Waals surface area contributed by atoms with Crippen molar-refractivity contribution in [3.8, 4) is 0 Å². The molecule has 0 bridgehead atoms. The number of nitrogens with one attached hydrogen (secondary N) is 1. The fourth-order valence-electron chi connectivity index (χ4n) is 3.45. The fraction of sp³-hybridized carbons (Fsp3) is 1.00.